The lowest BCUT2D eigenvalue weighted by Crippen LogP contribution is -2.13. The van der Waals surface area contributed by atoms with E-state index >= 15 is 0 Å². The molecule has 9 nitrogen and oxygen atoms in total. The van der Waals surface area contributed by atoms with Crippen LogP contribution in [0.4, 0.5) is 11.4 Å². The third-order valence-electron chi connectivity index (χ3n) is 3.64. The number of carbonyl (C=O) groups is 1. The zero-order chi connectivity index (χ0) is 18.7. The molecule has 0 aliphatic rings. The molecular weight excluding hydrogens is 338 g/mol. The number of aromatic amines is 1. The molecule has 0 aliphatic carbocycles. The number of hydrogen-bond acceptors (Lipinski definition) is 6. The van der Waals surface area contributed by atoms with E-state index in [2.05, 4.69) is 20.5 Å². The summed E-state index contributed by atoms with van der Waals surface area (Å²) in [7, 11) is 1.39. The van der Waals surface area contributed by atoms with Crippen molar-refractivity contribution in [3.8, 4) is 17.1 Å². The summed E-state index contributed by atoms with van der Waals surface area (Å²) >= 11 is 0. The fraction of sp³-hybridized carbons (Fsp3) is 0.118. The number of ether oxygens (including phenoxy) is 1. The van der Waals surface area contributed by atoms with Crippen molar-refractivity contribution in [1.29, 1.82) is 0 Å². The standard InChI is InChI=1S/C17H15N5O4/c1-10-18-16(21-20-10)11-3-5-12(6-4-11)19-17(23)14-9-13(22(24)25)7-8-15(14)26-2/h3-9H,1-2H3,(H,19,23)(H,18,20,21). The average molecular weight is 353 g/mol. The van der Waals surface area contributed by atoms with Gasteiger partial charge in [-0.3, -0.25) is 20.0 Å². The molecule has 0 spiro atoms. The number of amides is 1. The molecule has 0 fully saturated rings. The second kappa shape index (κ2) is 7.01. The van der Waals surface area contributed by atoms with Gasteiger partial charge in [-0.2, -0.15) is 5.10 Å². The van der Waals surface area contributed by atoms with E-state index in [1.807, 2.05) is 0 Å². The Morgan fingerprint density at radius 1 is 1.23 bits per heavy atom. The van der Waals surface area contributed by atoms with Gasteiger partial charge in [0.15, 0.2) is 5.82 Å². The van der Waals surface area contributed by atoms with Crippen LogP contribution in [0.25, 0.3) is 11.4 Å². The van der Waals surface area contributed by atoms with Gasteiger partial charge in [0.25, 0.3) is 11.6 Å². The van der Waals surface area contributed by atoms with Gasteiger partial charge in [-0.1, -0.05) is 0 Å². The maximum absolute atomic E-state index is 12.5. The quantitative estimate of drug-likeness (QED) is 0.537. The predicted octanol–water partition coefficient (Wildman–Crippen LogP) is 2.95. The minimum Gasteiger partial charge on any atom is -0.496 e. The maximum atomic E-state index is 12.5. The minimum atomic E-state index is -0.566. The van der Waals surface area contributed by atoms with E-state index < -0.39 is 10.8 Å². The summed E-state index contributed by atoms with van der Waals surface area (Å²) in [5.74, 6) is 1.00. The van der Waals surface area contributed by atoms with Crippen LogP contribution in [0.1, 0.15) is 16.2 Å². The summed E-state index contributed by atoms with van der Waals surface area (Å²) < 4.78 is 5.11. The van der Waals surface area contributed by atoms with E-state index in [9.17, 15) is 14.9 Å². The Balaban J connectivity index is 1.81. The zero-order valence-corrected chi connectivity index (χ0v) is 14.0. The number of carbonyl (C=O) groups excluding carboxylic acids is 1. The molecule has 2 N–H and O–H groups in total. The zero-order valence-electron chi connectivity index (χ0n) is 14.0. The minimum absolute atomic E-state index is 0.0790. The Morgan fingerprint density at radius 3 is 2.54 bits per heavy atom. The highest BCUT2D eigenvalue weighted by Crippen LogP contribution is 2.25. The lowest BCUT2D eigenvalue weighted by atomic mass is 10.1. The Hall–Kier alpha value is -3.75. The molecular formula is C17H15N5O4. The number of nitrogens with one attached hydrogen (secondary N) is 2. The monoisotopic (exact) mass is 353 g/mol. The fourth-order valence-electron chi connectivity index (χ4n) is 2.36. The summed E-state index contributed by atoms with van der Waals surface area (Å²) in [4.78, 5) is 27.1. The molecule has 0 saturated carbocycles. The highest BCUT2D eigenvalue weighted by molar-refractivity contribution is 6.06. The van der Waals surface area contributed by atoms with Crippen molar-refractivity contribution >= 4 is 17.3 Å². The molecule has 2 aromatic carbocycles. The maximum Gasteiger partial charge on any atom is 0.270 e. The average Bonchev–Trinajstić information content (AvgIpc) is 3.08. The number of aryl methyl sites for hydroxylation is 1. The van der Waals surface area contributed by atoms with Gasteiger partial charge in [-0.15, -0.1) is 0 Å². The van der Waals surface area contributed by atoms with E-state index in [1.165, 1.54) is 25.3 Å². The number of non-ortho nitro benzene ring substituents is 1. The van der Waals surface area contributed by atoms with E-state index in [0.29, 0.717) is 17.3 Å². The molecule has 0 atom stereocenters. The van der Waals surface area contributed by atoms with Gasteiger partial charge in [0.05, 0.1) is 17.6 Å². The lowest BCUT2D eigenvalue weighted by molar-refractivity contribution is -0.384. The van der Waals surface area contributed by atoms with Crippen LogP contribution in [-0.4, -0.2) is 33.1 Å². The summed E-state index contributed by atoms with van der Waals surface area (Å²) in [6.45, 7) is 1.80. The molecule has 3 rings (SSSR count). The largest absolute Gasteiger partial charge is 0.496 e. The molecule has 132 valence electrons. The first kappa shape index (κ1) is 17.1. The van der Waals surface area contributed by atoms with Gasteiger partial charge in [0, 0.05) is 23.4 Å². The first-order valence-electron chi connectivity index (χ1n) is 7.61. The Bertz CT molecular complexity index is 966. The number of nitrogens with zero attached hydrogens (tertiary/aromatic N) is 3. The van der Waals surface area contributed by atoms with E-state index in [0.717, 1.165) is 5.56 Å². The molecule has 26 heavy (non-hydrogen) atoms. The van der Waals surface area contributed by atoms with Crippen molar-refractivity contribution < 1.29 is 14.5 Å². The molecule has 3 aromatic rings. The van der Waals surface area contributed by atoms with E-state index in [-0.39, 0.29) is 17.0 Å². The molecule has 1 heterocycles. The van der Waals surface area contributed by atoms with E-state index in [4.69, 9.17) is 4.74 Å². The van der Waals surface area contributed by atoms with Crippen LogP contribution in [0.2, 0.25) is 0 Å². The number of rotatable bonds is 5. The third kappa shape index (κ3) is 3.51. The van der Waals surface area contributed by atoms with E-state index in [1.54, 1.807) is 31.2 Å². The van der Waals surface area contributed by atoms with Crippen molar-refractivity contribution in [2.24, 2.45) is 0 Å². The van der Waals surface area contributed by atoms with Crippen molar-refractivity contribution in [2.75, 3.05) is 12.4 Å². The molecule has 0 saturated heterocycles. The van der Waals surface area contributed by atoms with Gasteiger partial charge in [-0.25, -0.2) is 4.98 Å². The number of H-pyrrole nitrogens is 1. The summed E-state index contributed by atoms with van der Waals surface area (Å²) in [5, 5.41) is 20.5. The lowest BCUT2D eigenvalue weighted by Gasteiger charge is -2.09. The van der Waals surface area contributed by atoms with Crippen LogP contribution in [0.5, 0.6) is 5.75 Å². The number of aromatic nitrogens is 3. The van der Waals surface area contributed by atoms with Crippen LogP contribution in [0.15, 0.2) is 42.5 Å². The number of nitro benzene ring substituents is 1. The summed E-state index contributed by atoms with van der Waals surface area (Å²) in [6.07, 6.45) is 0. The molecule has 0 aliphatic heterocycles. The van der Waals surface area contributed by atoms with Crippen molar-refractivity contribution in [1.82, 2.24) is 15.2 Å². The second-order valence-electron chi connectivity index (χ2n) is 5.42. The fourth-order valence-corrected chi connectivity index (χ4v) is 2.36. The normalized spacial score (nSPS) is 10.4. The van der Waals surface area contributed by atoms with Crippen LogP contribution >= 0.6 is 0 Å². The highest BCUT2D eigenvalue weighted by Gasteiger charge is 2.17. The van der Waals surface area contributed by atoms with Gasteiger partial charge in [0.1, 0.15) is 11.6 Å². The number of nitro groups is 1. The van der Waals surface area contributed by atoms with Gasteiger partial charge in [0.2, 0.25) is 0 Å². The molecule has 0 bridgehead atoms. The van der Waals surface area contributed by atoms with Gasteiger partial charge >= 0.3 is 0 Å². The Kier molecular flexibility index (Phi) is 4.61. The van der Waals surface area contributed by atoms with Gasteiger partial charge < -0.3 is 10.1 Å². The van der Waals surface area contributed by atoms with Crippen LogP contribution in [-0.2, 0) is 0 Å². The number of benzene rings is 2. The molecule has 9 heteroatoms. The first-order valence-corrected chi connectivity index (χ1v) is 7.61. The number of methoxy groups -OCH3 is 1. The SMILES string of the molecule is COc1ccc([N+](=O)[O-])cc1C(=O)Nc1ccc(-c2n[nH]c(C)n2)cc1. The highest BCUT2D eigenvalue weighted by atomic mass is 16.6. The molecule has 1 aromatic heterocycles. The molecule has 0 unspecified atom stereocenters. The van der Waals surface area contributed by atoms with Crippen molar-refractivity contribution in [3.05, 3.63) is 64.0 Å². The van der Waals surface area contributed by atoms with Crippen LogP contribution in [0.3, 0.4) is 0 Å². The number of hydrogen-bond donors (Lipinski definition) is 2. The molecule has 0 radical (unpaired) electrons. The van der Waals surface area contributed by atoms with Crippen molar-refractivity contribution in [3.63, 3.8) is 0 Å². The molecule has 1 amide bonds. The first-order chi connectivity index (χ1) is 12.5. The van der Waals surface area contributed by atoms with Crippen LogP contribution in [0, 0.1) is 17.0 Å². The van der Waals surface area contributed by atoms with Crippen LogP contribution < -0.4 is 10.1 Å². The third-order valence-corrected chi connectivity index (χ3v) is 3.64. The number of anilines is 1. The predicted molar refractivity (Wildman–Crippen MR) is 94.2 cm³/mol. The second-order valence-corrected chi connectivity index (χ2v) is 5.42. The smallest absolute Gasteiger partial charge is 0.270 e. The van der Waals surface area contributed by atoms with Gasteiger partial charge in [-0.05, 0) is 37.3 Å². The Morgan fingerprint density at radius 2 is 1.96 bits per heavy atom. The summed E-state index contributed by atoms with van der Waals surface area (Å²) in [5.41, 5.74) is 1.21. The summed E-state index contributed by atoms with van der Waals surface area (Å²) in [6, 6.07) is 10.8. The topological polar surface area (TPSA) is 123 Å². The Labute approximate surface area is 148 Å². The van der Waals surface area contributed by atoms with Crippen molar-refractivity contribution in [2.45, 2.75) is 6.92 Å².